The Morgan fingerprint density at radius 3 is 1.60 bits per heavy atom. The van der Waals surface area contributed by atoms with E-state index in [-0.39, 0.29) is 90.4 Å². The van der Waals surface area contributed by atoms with Crippen LogP contribution in [0.4, 0.5) is 24.5 Å². The van der Waals surface area contributed by atoms with E-state index in [0.29, 0.717) is 51.6 Å². The number of carbonyl (C=O) groups excluding carboxylic acids is 3. The maximum absolute atomic E-state index is 17.0. The number of benzene rings is 4. The number of ether oxygens (including phenoxy) is 3. The number of methoxy groups -OCH3 is 2. The highest BCUT2D eigenvalue weighted by molar-refractivity contribution is 7.89. The van der Waals surface area contributed by atoms with E-state index in [1.54, 1.807) is 77.9 Å². The molecule has 0 radical (unpaired) electrons. The Morgan fingerprint density at radius 2 is 1.13 bits per heavy atom. The molecule has 4 saturated heterocycles. The molecule has 20 nitrogen and oxygen atoms in total. The SMILES string of the molecule is COc1cccc(S(=O)(=O)N2C[C@H](c3c(C)noc3C)[C@@H]([N+]3(c4cc(C)ccc4C)CCN(C(=O)C4(OC(=O)C(F)(F)F)CN(C=O)CC[N@+]4(c4cc(C)ccc4C)[C@H]4CN(S(=O)(=O)c5cccc(OC)c5)C[C@@H]4c4c(C)noc4C)CC3)C2)c1. The van der Waals surface area contributed by atoms with Crippen LogP contribution in [-0.2, 0) is 39.2 Å². The van der Waals surface area contributed by atoms with E-state index in [4.69, 9.17) is 23.3 Å². The summed E-state index contributed by atoms with van der Waals surface area (Å²) in [6.45, 7) is 11.9. The number of rotatable bonds is 15. The fourth-order valence-corrected chi connectivity index (χ4v) is 17.3. The molecule has 4 aromatic carbocycles. The zero-order valence-corrected chi connectivity index (χ0v) is 50.8. The van der Waals surface area contributed by atoms with Crippen LogP contribution < -0.4 is 18.4 Å². The first kappa shape index (κ1) is 60.9. The Hall–Kier alpha value is -7.16. The van der Waals surface area contributed by atoms with Crippen molar-refractivity contribution in [3.8, 4) is 11.5 Å². The number of nitrogens with zero attached hydrogens (tertiary/aromatic N) is 8. The predicted octanol–water partition coefficient (Wildman–Crippen LogP) is 7.29. The highest BCUT2D eigenvalue weighted by Gasteiger charge is 2.73. The molecule has 1 unspecified atom stereocenters. The Labute approximate surface area is 492 Å². The maximum Gasteiger partial charge on any atom is 0.491 e. The van der Waals surface area contributed by atoms with Gasteiger partial charge in [0.1, 0.15) is 72.7 Å². The molecule has 0 bridgehead atoms. The molecular formula is C60H71F3N8O12S2+2. The minimum atomic E-state index is -5.68. The fourth-order valence-electron chi connectivity index (χ4n) is 14.2. The number of halogens is 3. The van der Waals surface area contributed by atoms with Crippen LogP contribution in [0.3, 0.4) is 0 Å². The molecule has 6 heterocycles. The van der Waals surface area contributed by atoms with E-state index in [2.05, 4.69) is 10.3 Å². The van der Waals surface area contributed by atoms with Crippen molar-refractivity contribution in [1.82, 2.24) is 37.7 Å². The van der Waals surface area contributed by atoms with Crippen LogP contribution in [0.5, 0.6) is 11.5 Å². The first-order valence-electron chi connectivity index (χ1n) is 28.0. The minimum absolute atomic E-state index is 0.00668. The van der Waals surface area contributed by atoms with Gasteiger partial charge in [0.05, 0.1) is 80.0 Å². The lowest BCUT2D eigenvalue weighted by Gasteiger charge is -2.59. The van der Waals surface area contributed by atoms with Gasteiger partial charge < -0.3 is 33.1 Å². The molecule has 0 saturated carbocycles. The lowest BCUT2D eigenvalue weighted by atomic mass is 9.84. The van der Waals surface area contributed by atoms with Crippen molar-refractivity contribution in [1.29, 1.82) is 0 Å². The molecule has 0 N–H and O–H groups in total. The van der Waals surface area contributed by atoms with Crippen LogP contribution in [0.1, 0.15) is 68.1 Å². The average Bonchev–Trinajstić information content (AvgIpc) is 1.83. The summed E-state index contributed by atoms with van der Waals surface area (Å²) in [4.78, 5) is 46.9. The van der Waals surface area contributed by atoms with Gasteiger partial charge in [0.15, 0.2) is 0 Å². The van der Waals surface area contributed by atoms with Crippen molar-refractivity contribution in [3.05, 3.63) is 141 Å². The number of aromatic nitrogens is 2. The van der Waals surface area contributed by atoms with Gasteiger partial charge in [0.2, 0.25) is 26.5 Å². The van der Waals surface area contributed by atoms with Gasteiger partial charge in [0, 0.05) is 59.6 Å². The molecule has 4 fully saturated rings. The van der Waals surface area contributed by atoms with Crippen LogP contribution in [0.2, 0.25) is 0 Å². The van der Waals surface area contributed by atoms with Crippen LogP contribution in [0.25, 0.3) is 0 Å². The quantitative estimate of drug-likeness (QED) is 0.0562. The summed E-state index contributed by atoms with van der Waals surface area (Å²) in [5.41, 5.74) is 3.01. The van der Waals surface area contributed by atoms with E-state index < -0.39 is 85.3 Å². The summed E-state index contributed by atoms with van der Waals surface area (Å²) in [6.07, 6.45) is -5.28. The second-order valence-corrected chi connectivity index (χ2v) is 26.9. The Bertz CT molecular complexity index is 3770. The predicted molar refractivity (Wildman–Crippen MR) is 308 cm³/mol. The van der Waals surface area contributed by atoms with Gasteiger partial charge in [-0.1, -0.05) is 46.7 Å². The monoisotopic (exact) mass is 1220 g/mol. The van der Waals surface area contributed by atoms with E-state index in [1.165, 1.54) is 58.1 Å². The number of alkyl halides is 3. The van der Waals surface area contributed by atoms with Crippen molar-refractivity contribution in [3.63, 3.8) is 0 Å². The number of carbonyl (C=O) groups is 3. The number of amides is 2. The molecule has 0 spiro atoms. The number of aryl methyl sites for hydroxylation is 8. The van der Waals surface area contributed by atoms with Gasteiger partial charge in [-0.05, 0) is 90.8 Å². The highest BCUT2D eigenvalue weighted by atomic mass is 32.2. The van der Waals surface area contributed by atoms with Crippen LogP contribution >= 0.6 is 0 Å². The maximum atomic E-state index is 17.0. The lowest BCUT2D eigenvalue weighted by Crippen LogP contribution is -2.85. The summed E-state index contributed by atoms with van der Waals surface area (Å²) in [6, 6.07) is 21.5. The number of sulfonamides is 2. The number of esters is 1. The molecule has 4 aliphatic rings. The topological polar surface area (TPSA) is 212 Å². The van der Waals surface area contributed by atoms with Gasteiger partial charge in [-0.15, -0.1) is 0 Å². The average molecular weight is 1220 g/mol. The number of quaternary nitrogens is 2. The molecule has 25 heteroatoms. The summed E-state index contributed by atoms with van der Waals surface area (Å²) < 4.78 is 137. The first-order valence-corrected chi connectivity index (χ1v) is 30.9. The number of hydrogen-bond acceptors (Lipinski definition) is 14. The smallest absolute Gasteiger partial charge is 0.491 e. The fraction of sp³-hybridized carbons (Fsp3) is 0.450. The molecule has 2 aromatic heterocycles. The Morgan fingerprint density at radius 1 is 0.647 bits per heavy atom. The normalized spacial score (nSPS) is 24.2. The first-order chi connectivity index (χ1) is 40.2. The molecule has 6 atom stereocenters. The molecule has 10 rings (SSSR count). The molecule has 6 aromatic rings. The molecular weight excluding hydrogens is 1150 g/mol. The zero-order chi connectivity index (χ0) is 61.3. The molecule has 2 amide bonds. The zero-order valence-electron chi connectivity index (χ0n) is 49.2. The van der Waals surface area contributed by atoms with Gasteiger partial charge >= 0.3 is 23.8 Å². The number of hydrogen-bond donors (Lipinski definition) is 0. The van der Waals surface area contributed by atoms with Crippen molar-refractivity contribution in [2.75, 3.05) is 86.2 Å². The van der Waals surface area contributed by atoms with E-state index in [0.717, 1.165) is 21.7 Å². The van der Waals surface area contributed by atoms with E-state index >= 15 is 26.4 Å². The molecule has 4 aliphatic heterocycles. The van der Waals surface area contributed by atoms with Gasteiger partial charge in [0.25, 0.3) is 0 Å². The third-order valence-electron chi connectivity index (χ3n) is 18.2. The highest BCUT2D eigenvalue weighted by Crippen LogP contribution is 2.52. The summed E-state index contributed by atoms with van der Waals surface area (Å²) in [5, 5.41) is 8.58. The van der Waals surface area contributed by atoms with E-state index in [1.807, 2.05) is 32.0 Å². The van der Waals surface area contributed by atoms with Crippen LogP contribution in [-0.4, -0.2) is 174 Å². The van der Waals surface area contributed by atoms with Gasteiger partial charge in [-0.2, -0.15) is 21.8 Å². The summed E-state index contributed by atoms with van der Waals surface area (Å²) in [5.74, 6) is -3.94. The summed E-state index contributed by atoms with van der Waals surface area (Å²) >= 11 is 0. The van der Waals surface area contributed by atoms with Gasteiger partial charge in [-0.25, -0.2) is 26.1 Å². The lowest BCUT2D eigenvalue weighted by molar-refractivity contribution is -0.242. The minimum Gasteiger partial charge on any atom is -0.497 e. The summed E-state index contributed by atoms with van der Waals surface area (Å²) in [7, 11) is -5.86. The van der Waals surface area contributed by atoms with Crippen molar-refractivity contribution in [2.45, 2.75) is 101 Å². The number of piperazine rings is 2. The molecule has 85 heavy (non-hydrogen) atoms. The third kappa shape index (κ3) is 10.4. The van der Waals surface area contributed by atoms with Crippen LogP contribution in [0.15, 0.2) is 104 Å². The van der Waals surface area contributed by atoms with Crippen LogP contribution in [0, 0.1) is 55.4 Å². The van der Waals surface area contributed by atoms with Crippen molar-refractivity contribution < 1.29 is 67.6 Å². The Kier molecular flexibility index (Phi) is 16.2. The largest absolute Gasteiger partial charge is 0.497 e. The van der Waals surface area contributed by atoms with Gasteiger partial charge in [-0.3, -0.25) is 14.1 Å². The standard InChI is InChI=1S/C60H71F3N8O12S2/c1-37-17-19-39(3)51(27-37)70(53-33-68(31-49(53)55-41(5)64-82-43(55)7)84(75,76)47-15-11-13-45(29-47)79-9)24-22-67(23-25-70)57(73)59(81-58(74)60(61,62)63)35-66(36-72)21-26-71(59,52-28-38(2)18-20-40(52)4)54-34-69(32-50(54)56-42(6)65-83-44(56)8)85(77,78)48-16-12-14-46(30-48)80-10/h11-20,27-30,36,49-50,53-54H,21-26,31-35H2,1-10H3/q+2/t49-,50-,53-,54-,59?,71-/m0/s1. The second kappa shape index (κ2) is 22.6. The van der Waals surface area contributed by atoms with Crippen molar-refractivity contribution >= 4 is 49.7 Å². The Balaban J connectivity index is 1.17. The third-order valence-corrected chi connectivity index (χ3v) is 21.9. The molecule has 454 valence electrons. The van der Waals surface area contributed by atoms with Crippen molar-refractivity contribution in [2.24, 2.45) is 0 Å². The van der Waals surface area contributed by atoms with E-state index in [9.17, 15) is 18.0 Å². The second-order valence-electron chi connectivity index (χ2n) is 23.0. The molecule has 0 aliphatic carbocycles.